The Bertz CT molecular complexity index is 230. The molecule has 2 atom stereocenters. The second kappa shape index (κ2) is 2.71. The third-order valence-electron chi connectivity index (χ3n) is 2.13. The van der Waals surface area contributed by atoms with Gasteiger partial charge in [0.15, 0.2) is 0 Å². The maximum absolute atomic E-state index is 10.6. The summed E-state index contributed by atoms with van der Waals surface area (Å²) < 4.78 is 0. The number of hydrogen-bond donors (Lipinski definition) is 2. The predicted octanol–water partition coefficient (Wildman–Crippen LogP) is -0.184. The van der Waals surface area contributed by atoms with Crippen LogP contribution in [0.2, 0.25) is 0 Å². The number of rotatable bonds is 2. The van der Waals surface area contributed by atoms with E-state index in [4.69, 9.17) is 5.11 Å². The summed E-state index contributed by atoms with van der Waals surface area (Å²) in [4.78, 5) is 20.4. The van der Waals surface area contributed by atoms with Crippen molar-refractivity contribution in [1.29, 1.82) is 0 Å². The highest BCUT2D eigenvalue weighted by Crippen LogP contribution is 2.23. The van der Waals surface area contributed by atoms with Gasteiger partial charge in [-0.25, -0.2) is 5.32 Å². The van der Waals surface area contributed by atoms with Crippen LogP contribution in [-0.2, 0) is 4.79 Å². The zero-order chi connectivity index (χ0) is 9.35. The molecular weight excluding hydrogens is 164 g/mol. The molecule has 1 saturated heterocycles. The van der Waals surface area contributed by atoms with Crippen molar-refractivity contribution in [2.45, 2.75) is 31.5 Å². The first-order valence-electron chi connectivity index (χ1n) is 3.60. The third kappa shape index (κ3) is 1.38. The molecule has 2 unspecified atom stereocenters. The van der Waals surface area contributed by atoms with Crippen molar-refractivity contribution in [3.05, 3.63) is 10.1 Å². The van der Waals surface area contributed by atoms with Crippen molar-refractivity contribution < 1.29 is 14.8 Å². The van der Waals surface area contributed by atoms with Crippen LogP contribution in [0.4, 0.5) is 0 Å². The number of nitrogens with one attached hydrogen (secondary N) is 1. The van der Waals surface area contributed by atoms with Crippen LogP contribution in [0.15, 0.2) is 0 Å². The Morgan fingerprint density at radius 3 is 2.67 bits per heavy atom. The molecule has 0 radical (unpaired) electrons. The largest absolute Gasteiger partial charge is 0.480 e. The molecule has 0 aromatic heterocycles. The van der Waals surface area contributed by atoms with E-state index in [-0.39, 0.29) is 6.42 Å². The lowest BCUT2D eigenvalue weighted by Crippen LogP contribution is -2.49. The summed E-state index contributed by atoms with van der Waals surface area (Å²) in [5.74, 6) is -1.04. The Labute approximate surface area is 68.7 Å². The van der Waals surface area contributed by atoms with E-state index in [0.29, 0.717) is 6.42 Å². The predicted molar refractivity (Wildman–Crippen MR) is 39.2 cm³/mol. The highest BCUT2D eigenvalue weighted by atomic mass is 16.6. The first-order valence-corrected chi connectivity index (χ1v) is 3.60. The van der Waals surface area contributed by atoms with Gasteiger partial charge in [-0.05, 0) is 13.3 Å². The molecule has 1 fully saturated rings. The molecule has 1 heterocycles. The van der Waals surface area contributed by atoms with Gasteiger partial charge >= 0.3 is 5.97 Å². The fourth-order valence-electron chi connectivity index (χ4n) is 1.26. The molecule has 0 spiro atoms. The summed E-state index contributed by atoms with van der Waals surface area (Å²) in [6.45, 7) is 1.46. The summed E-state index contributed by atoms with van der Waals surface area (Å²) in [6.07, 6.45) is -0.338. The van der Waals surface area contributed by atoms with Gasteiger partial charge in [-0.2, -0.15) is 0 Å². The molecule has 0 bridgehead atoms. The molecule has 6 nitrogen and oxygen atoms in total. The molecule has 68 valence electrons. The van der Waals surface area contributed by atoms with Crippen molar-refractivity contribution in [2.75, 3.05) is 0 Å². The minimum absolute atomic E-state index is 0.274. The first kappa shape index (κ1) is 8.92. The normalized spacial score (nSPS) is 34.9. The van der Waals surface area contributed by atoms with Crippen LogP contribution in [0.3, 0.4) is 0 Å². The third-order valence-corrected chi connectivity index (χ3v) is 2.13. The molecule has 12 heavy (non-hydrogen) atoms. The van der Waals surface area contributed by atoms with Gasteiger partial charge in [0, 0.05) is 11.3 Å². The van der Waals surface area contributed by atoms with Gasteiger partial charge in [-0.1, -0.05) is 0 Å². The molecule has 0 aromatic carbocycles. The van der Waals surface area contributed by atoms with E-state index in [1.165, 1.54) is 6.92 Å². The summed E-state index contributed by atoms with van der Waals surface area (Å²) in [6, 6.07) is 0. The molecular formula is C6H10N2O4. The van der Waals surface area contributed by atoms with Gasteiger partial charge in [-0.15, -0.1) is 0 Å². The Morgan fingerprint density at radius 1 is 1.83 bits per heavy atom. The molecule has 6 heteroatoms. The summed E-state index contributed by atoms with van der Waals surface area (Å²) in [7, 11) is 0. The van der Waals surface area contributed by atoms with Crippen LogP contribution in [-0.4, -0.2) is 27.7 Å². The Hall–Kier alpha value is -1.17. The van der Waals surface area contributed by atoms with E-state index in [0.717, 1.165) is 0 Å². The van der Waals surface area contributed by atoms with Crippen LogP contribution in [0.1, 0.15) is 19.8 Å². The van der Waals surface area contributed by atoms with Crippen molar-refractivity contribution in [3.63, 3.8) is 0 Å². The zero-order valence-electron chi connectivity index (χ0n) is 6.61. The lowest BCUT2D eigenvalue weighted by molar-refractivity contribution is -0.527. The number of carbonyl (C=O) groups is 1. The van der Waals surface area contributed by atoms with E-state index in [1.807, 2.05) is 0 Å². The van der Waals surface area contributed by atoms with Crippen LogP contribution >= 0.6 is 0 Å². The minimum atomic E-state index is -1.13. The van der Waals surface area contributed by atoms with Gasteiger partial charge in [-0.3, -0.25) is 14.9 Å². The van der Waals surface area contributed by atoms with Crippen LogP contribution < -0.4 is 5.32 Å². The van der Waals surface area contributed by atoms with Crippen LogP contribution in [0.25, 0.3) is 0 Å². The average molecular weight is 174 g/mol. The average Bonchev–Trinajstić information content (AvgIpc) is 2.33. The van der Waals surface area contributed by atoms with E-state index < -0.39 is 22.6 Å². The van der Waals surface area contributed by atoms with E-state index >= 15 is 0 Å². The fourth-order valence-corrected chi connectivity index (χ4v) is 1.26. The second-order valence-electron chi connectivity index (χ2n) is 3.12. The first-order chi connectivity index (χ1) is 5.46. The number of carboxylic acid groups (broad SMARTS) is 1. The van der Waals surface area contributed by atoms with Gasteiger partial charge in [0.2, 0.25) is 0 Å². The quantitative estimate of drug-likeness (QED) is 0.447. The summed E-state index contributed by atoms with van der Waals surface area (Å²) >= 11 is 0. The molecule has 1 aliphatic rings. The standard InChI is InChI=1S/C6H10N2O4/c1-6(5(9)10)3-2-4(7-6)8(11)12/h4,7H,2-3H2,1H3,(H,9,10). The Morgan fingerprint density at radius 2 is 2.42 bits per heavy atom. The van der Waals surface area contributed by atoms with Crippen molar-refractivity contribution in [2.24, 2.45) is 0 Å². The van der Waals surface area contributed by atoms with Crippen molar-refractivity contribution in [1.82, 2.24) is 5.32 Å². The topological polar surface area (TPSA) is 92.5 Å². The van der Waals surface area contributed by atoms with Crippen molar-refractivity contribution >= 4 is 5.97 Å². The number of carboxylic acids is 1. The zero-order valence-corrected chi connectivity index (χ0v) is 6.61. The molecule has 0 aliphatic carbocycles. The Balaban J connectivity index is 2.67. The molecule has 0 aromatic rings. The van der Waals surface area contributed by atoms with E-state index in [1.54, 1.807) is 0 Å². The molecule has 1 aliphatic heterocycles. The number of nitro groups is 1. The smallest absolute Gasteiger partial charge is 0.323 e. The monoisotopic (exact) mass is 174 g/mol. The number of hydrogen-bond acceptors (Lipinski definition) is 4. The number of nitrogens with zero attached hydrogens (tertiary/aromatic N) is 1. The number of aliphatic carboxylic acids is 1. The van der Waals surface area contributed by atoms with Gasteiger partial charge in [0.1, 0.15) is 5.54 Å². The van der Waals surface area contributed by atoms with Crippen LogP contribution in [0, 0.1) is 10.1 Å². The lowest BCUT2D eigenvalue weighted by atomic mass is 10.0. The summed E-state index contributed by atoms with van der Waals surface area (Å²) in [5.41, 5.74) is -1.13. The SMILES string of the molecule is CC1(C(=O)O)CCC([N+](=O)[O-])N1. The minimum Gasteiger partial charge on any atom is -0.480 e. The molecule has 1 rings (SSSR count). The molecule has 2 N–H and O–H groups in total. The fraction of sp³-hybridized carbons (Fsp3) is 0.833. The van der Waals surface area contributed by atoms with Gasteiger partial charge < -0.3 is 5.11 Å². The summed E-state index contributed by atoms with van der Waals surface area (Å²) in [5, 5.41) is 21.4. The van der Waals surface area contributed by atoms with Gasteiger partial charge in [0.05, 0.1) is 0 Å². The molecule has 0 saturated carbocycles. The maximum Gasteiger partial charge on any atom is 0.323 e. The van der Waals surface area contributed by atoms with Gasteiger partial charge in [0.25, 0.3) is 6.17 Å². The highest BCUT2D eigenvalue weighted by Gasteiger charge is 2.45. The Kier molecular flexibility index (Phi) is 2.01. The van der Waals surface area contributed by atoms with E-state index in [2.05, 4.69) is 5.32 Å². The van der Waals surface area contributed by atoms with Crippen LogP contribution in [0.5, 0.6) is 0 Å². The molecule has 0 amide bonds. The van der Waals surface area contributed by atoms with E-state index in [9.17, 15) is 14.9 Å². The highest BCUT2D eigenvalue weighted by molar-refractivity contribution is 5.78. The second-order valence-corrected chi connectivity index (χ2v) is 3.12. The maximum atomic E-state index is 10.6. The van der Waals surface area contributed by atoms with Crippen molar-refractivity contribution in [3.8, 4) is 0 Å². The lowest BCUT2D eigenvalue weighted by Gasteiger charge is -2.17.